The number of alkyl halides is 6. The van der Waals surface area contributed by atoms with E-state index in [1.807, 2.05) is 0 Å². The standard InChI is InChI=1S/C13H8F6O2/c1-7-2-4-8(5-3-7)6-9(10(20)12(14,15)16)11(21)13(17,18)19/h2-6H,1H3. The van der Waals surface area contributed by atoms with Gasteiger partial charge in [-0.3, -0.25) is 9.59 Å². The van der Waals surface area contributed by atoms with Crippen molar-refractivity contribution in [2.75, 3.05) is 0 Å². The van der Waals surface area contributed by atoms with Crippen molar-refractivity contribution < 1.29 is 35.9 Å². The second-order valence-electron chi connectivity index (χ2n) is 4.12. The molecule has 1 rings (SSSR count). The molecule has 0 unspecified atom stereocenters. The van der Waals surface area contributed by atoms with Gasteiger partial charge in [-0.1, -0.05) is 29.8 Å². The van der Waals surface area contributed by atoms with E-state index in [-0.39, 0.29) is 11.6 Å². The third-order valence-corrected chi connectivity index (χ3v) is 2.39. The number of halogens is 6. The predicted molar refractivity (Wildman–Crippen MR) is 61.3 cm³/mol. The number of hydrogen-bond donors (Lipinski definition) is 0. The number of aryl methyl sites for hydroxylation is 1. The summed E-state index contributed by atoms with van der Waals surface area (Å²) in [5, 5.41) is 0. The first kappa shape index (κ1) is 16.9. The first-order valence-electron chi connectivity index (χ1n) is 5.44. The van der Waals surface area contributed by atoms with Gasteiger partial charge in [0.15, 0.2) is 0 Å². The van der Waals surface area contributed by atoms with Gasteiger partial charge < -0.3 is 0 Å². The van der Waals surface area contributed by atoms with Crippen molar-refractivity contribution in [1.29, 1.82) is 0 Å². The van der Waals surface area contributed by atoms with E-state index in [2.05, 4.69) is 0 Å². The van der Waals surface area contributed by atoms with E-state index < -0.39 is 29.5 Å². The summed E-state index contributed by atoms with van der Waals surface area (Å²) in [6.07, 6.45) is -10.9. The molecule has 21 heavy (non-hydrogen) atoms. The molecule has 0 aliphatic carbocycles. The molecule has 0 radical (unpaired) electrons. The van der Waals surface area contributed by atoms with E-state index in [9.17, 15) is 35.9 Å². The molecule has 0 fully saturated rings. The normalized spacial score (nSPS) is 12.0. The molecule has 0 N–H and O–H groups in total. The average molecular weight is 310 g/mol. The Morgan fingerprint density at radius 2 is 1.24 bits per heavy atom. The SMILES string of the molecule is Cc1ccc(C=C(C(=O)C(F)(F)F)C(=O)C(F)(F)F)cc1. The van der Waals surface area contributed by atoms with Gasteiger partial charge in [-0.2, -0.15) is 26.3 Å². The van der Waals surface area contributed by atoms with Crippen molar-refractivity contribution >= 4 is 17.6 Å². The van der Waals surface area contributed by atoms with Gasteiger partial charge in [0.05, 0.1) is 5.57 Å². The molecule has 0 heterocycles. The van der Waals surface area contributed by atoms with Crippen molar-refractivity contribution in [2.24, 2.45) is 0 Å². The topological polar surface area (TPSA) is 34.1 Å². The van der Waals surface area contributed by atoms with Crippen LogP contribution in [0.1, 0.15) is 11.1 Å². The Kier molecular flexibility index (Phi) is 4.60. The predicted octanol–water partition coefficient (Wildman–Crippen LogP) is 3.64. The Labute approximate surface area is 115 Å². The van der Waals surface area contributed by atoms with Gasteiger partial charge in [-0.05, 0) is 18.6 Å². The van der Waals surface area contributed by atoms with Gasteiger partial charge in [0.1, 0.15) is 0 Å². The van der Waals surface area contributed by atoms with E-state index >= 15 is 0 Å². The first-order chi connectivity index (χ1) is 9.43. The zero-order valence-electron chi connectivity index (χ0n) is 10.5. The van der Waals surface area contributed by atoms with Gasteiger partial charge in [-0.15, -0.1) is 0 Å². The second-order valence-corrected chi connectivity index (χ2v) is 4.12. The number of carbonyl (C=O) groups excluding carboxylic acids is 2. The molecular weight excluding hydrogens is 302 g/mol. The maximum absolute atomic E-state index is 12.3. The molecule has 114 valence electrons. The molecule has 0 atom stereocenters. The molecule has 0 aliphatic heterocycles. The first-order valence-corrected chi connectivity index (χ1v) is 5.44. The number of allylic oxidation sites excluding steroid dienone is 1. The molecule has 0 saturated carbocycles. The molecule has 2 nitrogen and oxygen atoms in total. The van der Waals surface area contributed by atoms with Crippen molar-refractivity contribution in [1.82, 2.24) is 0 Å². The number of Topliss-reactive ketones (excluding diaryl/α,β-unsaturated/α-hetero) is 2. The minimum absolute atomic E-state index is 0.120. The Balaban J connectivity index is 3.35. The lowest BCUT2D eigenvalue weighted by molar-refractivity contribution is -0.175. The monoisotopic (exact) mass is 310 g/mol. The second kappa shape index (κ2) is 5.71. The fourth-order valence-corrected chi connectivity index (χ4v) is 1.37. The fourth-order valence-electron chi connectivity index (χ4n) is 1.37. The lowest BCUT2D eigenvalue weighted by atomic mass is 10.0. The van der Waals surface area contributed by atoms with Gasteiger partial charge >= 0.3 is 12.4 Å². The molecule has 0 aliphatic rings. The highest BCUT2D eigenvalue weighted by Crippen LogP contribution is 2.28. The summed E-state index contributed by atoms with van der Waals surface area (Å²) in [6, 6.07) is 5.23. The van der Waals surface area contributed by atoms with Gasteiger partial charge in [0.25, 0.3) is 11.6 Å². The van der Waals surface area contributed by atoms with Crippen LogP contribution < -0.4 is 0 Å². The Morgan fingerprint density at radius 1 is 0.857 bits per heavy atom. The Bertz CT molecular complexity index is 550. The highest BCUT2D eigenvalue weighted by molar-refractivity contribution is 6.26. The molecule has 1 aromatic rings. The minimum Gasteiger partial charge on any atom is -0.284 e. The summed E-state index contributed by atoms with van der Waals surface area (Å²) in [6.45, 7) is 1.65. The molecule has 0 aromatic heterocycles. The zero-order valence-corrected chi connectivity index (χ0v) is 10.5. The highest BCUT2D eigenvalue weighted by Gasteiger charge is 2.50. The molecule has 8 heteroatoms. The highest BCUT2D eigenvalue weighted by atomic mass is 19.4. The van der Waals surface area contributed by atoms with Crippen LogP contribution in [0.3, 0.4) is 0 Å². The van der Waals surface area contributed by atoms with Crippen molar-refractivity contribution in [3.8, 4) is 0 Å². The average Bonchev–Trinajstić information content (AvgIpc) is 2.34. The maximum Gasteiger partial charge on any atom is 0.455 e. The van der Waals surface area contributed by atoms with E-state index in [1.165, 1.54) is 24.3 Å². The van der Waals surface area contributed by atoms with Crippen molar-refractivity contribution in [3.63, 3.8) is 0 Å². The van der Waals surface area contributed by atoms with Crippen LogP contribution in [0.4, 0.5) is 26.3 Å². The van der Waals surface area contributed by atoms with Gasteiger partial charge in [0, 0.05) is 0 Å². The molecule has 0 bridgehead atoms. The Hall–Kier alpha value is -2.12. The van der Waals surface area contributed by atoms with E-state index in [0.29, 0.717) is 5.56 Å². The lowest BCUT2D eigenvalue weighted by Crippen LogP contribution is -2.34. The molecule has 0 saturated heterocycles. The van der Waals surface area contributed by atoms with Crippen LogP contribution in [-0.2, 0) is 9.59 Å². The fraction of sp³-hybridized carbons (Fsp3) is 0.231. The van der Waals surface area contributed by atoms with E-state index in [1.54, 1.807) is 6.92 Å². The molecule has 0 spiro atoms. The van der Waals surface area contributed by atoms with Gasteiger partial charge in [0.2, 0.25) is 0 Å². The van der Waals surface area contributed by atoms with Crippen LogP contribution in [0.2, 0.25) is 0 Å². The summed E-state index contributed by atoms with van der Waals surface area (Å²) >= 11 is 0. The van der Waals surface area contributed by atoms with Crippen LogP contribution in [0.5, 0.6) is 0 Å². The summed E-state index contributed by atoms with van der Waals surface area (Å²) in [5.41, 5.74) is -1.37. The summed E-state index contributed by atoms with van der Waals surface area (Å²) in [5.74, 6) is -5.66. The summed E-state index contributed by atoms with van der Waals surface area (Å²) < 4.78 is 73.8. The molecule has 0 amide bonds. The summed E-state index contributed by atoms with van der Waals surface area (Å²) in [7, 11) is 0. The minimum atomic E-state index is -5.57. The van der Waals surface area contributed by atoms with E-state index in [0.717, 1.165) is 0 Å². The largest absolute Gasteiger partial charge is 0.455 e. The van der Waals surface area contributed by atoms with Crippen LogP contribution in [0, 0.1) is 6.92 Å². The quantitative estimate of drug-likeness (QED) is 0.370. The number of rotatable bonds is 3. The third kappa shape index (κ3) is 4.44. The van der Waals surface area contributed by atoms with Gasteiger partial charge in [-0.25, -0.2) is 0 Å². The Morgan fingerprint density at radius 3 is 1.57 bits per heavy atom. The van der Waals surface area contributed by atoms with Crippen molar-refractivity contribution in [3.05, 3.63) is 41.0 Å². The zero-order chi connectivity index (χ0) is 16.4. The van der Waals surface area contributed by atoms with Crippen LogP contribution in [0.25, 0.3) is 6.08 Å². The third-order valence-electron chi connectivity index (χ3n) is 2.39. The number of hydrogen-bond acceptors (Lipinski definition) is 2. The van der Waals surface area contributed by atoms with Crippen molar-refractivity contribution in [2.45, 2.75) is 19.3 Å². The smallest absolute Gasteiger partial charge is 0.284 e. The molecule has 1 aromatic carbocycles. The number of benzene rings is 1. The van der Waals surface area contributed by atoms with Crippen LogP contribution >= 0.6 is 0 Å². The lowest BCUT2D eigenvalue weighted by Gasteiger charge is -2.11. The summed E-state index contributed by atoms with van der Waals surface area (Å²) in [4.78, 5) is 22.0. The molecular formula is C13H8F6O2. The number of ketones is 2. The van der Waals surface area contributed by atoms with E-state index in [4.69, 9.17) is 0 Å². The van der Waals surface area contributed by atoms with Crippen LogP contribution in [0.15, 0.2) is 29.8 Å². The maximum atomic E-state index is 12.3. The number of carbonyl (C=O) groups is 2. The van der Waals surface area contributed by atoms with Crippen LogP contribution in [-0.4, -0.2) is 23.9 Å².